The second-order valence-corrected chi connectivity index (χ2v) is 6.63. The van der Waals surface area contributed by atoms with E-state index in [0.717, 1.165) is 25.9 Å². The molecule has 1 amide bonds. The third-order valence-corrected chi connectivity index (χ3v) is 4.88. The summed E-state index contributed by atoms with van der Waals surface area (Å²) in [6.07, 6.45) is 4.97. The van der Waals surface area contributed by atoms with Gasteiger partial charge in [0.1, 0.15) is 0 Å². The maximum atomic E-state index is 12.3. The van der Waals surface area contributed by atoms with Gasteiger partial charge in [0, 0.05) is 12.5 Å². The average molecular weight is 302 g/mol. The molecule has 0 radical (unpaired) electrons. The number of hydrogen-bond donors (Lipinski definition) is 2. The monoisotopic (exact) mass is 302 g/mol. The van der Waals surface area contributed by atoms with Crippen molar-refractivity contribution >= 4 is 5.91 Å². The van der Waals surface area contributed by atoms with Gasteiger partial charge >= 0.3 is 0 Å². The van der Waals surface area contributed by atoms with Crippen LogP contribution in [0.25, 0.3) is 0 Å². The van der Waals surface area contributed by atoms with E-state index < -0.39 is 0 Å². The molecule has 0 bridgehead atoms. The van der Waals surface area contributed by atoms with Gasteiger partial charge in [0.15, 0.2) is 0 Å². The topological polar surface area (TPSA) is 41.1 Å². The summed E-state index contributed by atoms with van der Waals surface area (Å²) in [7, 11) is 0. The van der Waals surface area contributed by atoms with Crippen LogP contribution in [0.1, 0.15) is 45.1 Å². The van der Waals surface area contributed by atoms with Crippen LogP contribution in [0.2, 0.25) is 0 Å². The van der Waals surface area contributed by atoms with Gasteiger partial charge in [0.05, 0.1) is 0 Å². The Balaban J connectivity index is 1.78. The minimum Gasteiger partial charge on any atom is -0.353 e. The highest BCUT2D eigenvalue weighted by molar-refractivity contribution is 5.76. The van der Waals surface area contributed by atoms with Crippen molar-refractivity contribution in [3.05, 3.63) is 35.9 Å². The molecule has 1 aliphatic heterocycles. The standard InChI is InChI=1S/C19H30N2O/c1-3-18(14-16-7-5-4-6-8-16)21-19(22)13-15(2)17-9-11-20-12-10-17/h4-8,15,17-18,20H,3,9-14H2,1-2H3,(H,21,22). The predicted octanol–water partition coefficient (Wildman–Crippen LogP) is 3.15. The molecule has 22 heavy (non-hydrogen) atoms. The highest BCUT2D eigenvalue weighted by Crippen LogP contribution is 2.24. The SMILES string of the molecule is CCC(Cc1ccccc1)NC(=O)CC(C)C1CCNCC1. The van der Waals surface area contributed by atoms with Gasteiger partial charge in [-0.25, -0.2) is 0 Å². The minimum atomic E-state index is 0.216. The van der Waals surface area contributed by atoms with Crippen LogP contribution in [0, 0.1) is 11.8 Å². The second kappa shape index (κ2) is 8.94. The number of amides is 1. The van der Waals surface area contributed by atoms with Gasteiger partial charge in [0.2, 0.25) is 5.91 Å². The quantitative estimate of drug-likeness (QED) is 0.812. The van der Waals surface area contributed by atoms with E-state index in [1.54, 1.807) is 0 Å². The fourth-order valence-electron chi connectivity index (χ4n) is 3.36. The molecule has 0 aliphatic carbocycles. The molecule has 1 aromatic carbocycles. The molecule has 3 nitrogen and oxygen atoms in total. The summed E-state index contributed by atoms with van der Waals surface area (Å²) in [5, 5.41) is 6.62. The molecule has 1 saturated heterocycles. The van der Waals surface area contributed by atoms with Crippen LogP contribution in [0.5, 0.6) is 0 Å². The van der Waals surface area contributed by atoms with Crippen LogP contribution in [-0.4, -0.2) is 25.0 Å². The van der Waals surface area contributed by atoms with Gasteiger partial charge < -0.3 is 10.6 Å². The van der Waals surface area contributed by atoms with Crippen molar-refractivity contribution < 1.29 is 4.79 Å². The summed E-state index contributed by atoms with van der Waals surface area (Å²) in [6, 6.07) is 10.7. The summed E-state index contributed by atoms with van der Waals surface area (Å²) >= 11 is 0. The van der Waals surface area contributed by atoms with Gasteiger partial charge in [-0.3, -0.25) is 4.79 Å². The summed E-state index contributed by atoms with van der Waals surface area (Å²) in [5.74, 6) is 1.39. The van der Waals surface area contributed by atoms with Crippen molar-refractivity contribution in [1.82, 2.24) is 10.6 Å². The summed E-state index contributed by atoms with van der Waals surface area (Å²) in [6.45, 7) is 6.57. The Labute approximate surface area is 134 Å². The van der Waals surface area contributed by atoms with Gasteiger partial charge in [-0.2, -0.15) is 0 Å². The van der Waals surface area contributed by atoms with Crippen molar-refractivity contribution in [2.75, 3.05) is 13.1 Å². The van der Waals surface area contributed by atoms with Crippen molar-refractivity contribution in [2.24, 2.45) is 11.8 Å². The lowest BCUT2D eigenvalue weighted by Gasteiger charge is -2.28. The Morgan fingerprint density at radius 3 is 2.59 bits per heavy atom. The Kier molecular flexibility index (Phi) is 6.91. The first-order valence-electron chi connectivity index (χ1n) is 8.73. The summed E-state index contributed by atoms with van der Waals surface area (Å²) in [4.78, 5) is 12.3. The molecule has 2 N–H and O–H groups in total. The van der Waals surface area contributed by atoms with Crippen LogP contribution in [0.4, 0.5) is 0 Å². The molecule has 122 valence electrons. The smallest absolute Gasteiger partial charge is 0.220 e. The first-order chi connectivity index (χ1) is 10.7. The molecule has 2 atom stereocenters. The Morgan fingerprint density at radius 1 is 1.27 bits per heavy atom. The zero-order valence-corrected chi connectivity index (χ0v) is 14.0. The lowest BCUT2D eigenvalue weighted by atomic mass is 9.84. The van der Waals surface area contributed by atoms with Crippen molar-refractivity contribution in [2.45, 2.75) is 52.0 Å². The maximum absolute atomic E-state index is 12.3. The van der Waals surface area contributed by atoms with Crippen molar-refractivity contribution in [1.29, 1.82) is 0 Å². The molecule has 0 spiro atoms. The fraction of sp³-hybridized carbons (Fsp3) is 0.632. The van der Waals surface area contributed by atoms with Crippen LogP contribution in [-0.2, 0) is 11.2 Å². The second-order valence-electron chi connectivity index (χ2n) is 6.63. The summed E-state index contributed by atoms with van der Waals surface area (Å²) < 4.78 is 0. The fourth-order valence-corrected chi connectivity index (χ4v) is 3.36. The van der Waals surface area contributed by atoms with E-state index in [4.69, 9.17) is 0 Å². The lowest BCUT2D eigenvalue weighted by molar-refractivity contribution is -0.123. The molecule has 2 rings (SSSR count). The van der Waals surface area contributed by atoms with Crippen molar-refractivity contribution in [3.8, 4) is 0 Å². The van der Waals surface area contributed by atoms with E-state index in [9.17, 15) is 4.79 Å². The first-order valence-corrected chi connectivity index (χ1v) is 8.73. The molecule has 3 heteroatoms. The van der Waals surface area contributed by atoms with Crippen LogP contribution < -0.4 is 10.6 Å². The number of carbonyl (C=O) groups excluding carboxylic acids is 1. The zero-order valence-electron chi connectivity index (χ0n) is 14.0. The third kappa shape index (κ3) is 5.45. The highest BCUT2D eigenvalue weighted by atomic mass is 16.1. The Bertz CT molecular complexity index is 440. The maximum Gasteiger partial charge on any atom is 0.220 e. The number of benzene rings is 1. The molecule has 1 heterocycles. The largest absolute Gasteiger partial charge is 0.353 e. The van der Waals surface area contributed by atoms with E-state index in [0.29, 0.717) is 18.3 Å². The average Bonchev–Trinajstić information content (AvgIpc) is 2.56. The van der Waals surface area contributed by atoms with Gasteiger partial charge in [-0.15, -0.1) is 0 Å². The molecule has 2 unspecified atom stereocenters. The van der Waals surface area contributed by atoms with Crippen molar-refractivity contribution in [3.63, 3.8) is 0 Å². The molecule has 0 aromatic heterocycles. The number of piperidine rings is 1. The van der Waals surface area contributed by atoms with Crippen LogP contribution in [0.15, 0.2) is 30.3 Å². The van der Waals surface area contributed by atoms with E-state index in [1.807, 2.05) is 6.07 Å². The molecule has 1 aliphatic rings. The van der Waals surface area contributed by atoms with E-state index in [-0.39, 0.29) is 11.9 Å². The van der Waals surface area contributed by atoms with Gasteiger partial charge in [-0.1, -0.05) is 44.2 Å². The van der Waals surface area contributed by atoms with Gasteiger partial charge in [-0.05, 0) is 56.2 Å². The van der Waals surface area contributed by atoms with E-state index in [1.165, 1.54) is 18.4 Å². The normalized spacial score (nSPS) is 18.6. The number of carbonyl (C=O) groups is 1. The molecular weight excluding hydrogens is 272 g/mol. The van der Waals surface area contributed by atoms with E-state index >= 15 is 0 Å². The van der Waals surface area contributed by atoms with Crippen LogP contribution >= 0.6 is 0 Å². The molecule has 1 fully saturated rings. The molecule has 1 aromatic rings. The zero-order chi connectivity index (χ0) is 15.8. The lowest BCUT2D eigenvalue weighted by Crippen LogP contribution is -2.38. The first kappa shape index (κ1) is 17.0. The van der Waals surface area contributed by atoms with Gasteiger partial charge in [0.25, 0.3) is 0 Å². The number of hydrogen-bond acceptors (Lipinski definition) is 2. The number of nitrogens with one attached hydrogen (secondary N) is 2. The minimum absolute atomic E-state index is 0.216. The predicted molar refractivity (Wildman–Crippen MR) is 91.7 cm³/mol. The van der Waals surface area contributed by atoms with E-state index in [2.05, 4.69) is 48.7 Å². The van der Waals surface area contributed by atoms with Crippen LogP contribution in [0.3, 0.4) is 0 Å². The third-order valence-electron chi connectivity index (χ3n) is 4.88. The molecule has 0 saturated carbocycles. The summed E-state index contributed by atoms with van der Waals surface area (Å²) in [5.41, 5.74) is 1.29. The Hall–Kier alpha value is -1.35. The Morgan fingerprint density at radius 2 is 1.95 bits per heavy atom. The highest BCUT2D eigenvalue weighted by Gasteiger charge is 2.22. The molecular formula is C19H30N2O. The number of rotatable bonds is 7.